The van der Waals surface area contributed by atoms with Crippen LogP contribution in [0.5, 0.6) is 0 Å². The highest BCUT2D eigenvalue weighted by atomic mass is 16.5. The summed E-state index contributed by atoms with van der Waals surface area (Å²) in [5.74, 6) is 0. The van der Waals surface area contributed by atoms with Crippen molar-refractivity contribution >= 4 is 0 Å². The van der Waals surface area contributed by atoms with Crippen molar-refractivity contribution in [2.75, 3.05) is 13.1 Å². The molecule has 2 heterocycles. The maximum Gasteiger partial charge on any atom is 0.0707 e. The second-order valence-corrected chi connectivity index (χ2v) is 4.64. The zero-order chi connectivity index (χ0) is 10.1. The van der Waals surface area contributed by atoms with E-state index in [0.717, 1.165) is 19.6 Å². The lowest BCUT2D eigenvalue weighted by Gasteiger charge is -2.32. The van der Waals surface area contributed by atoms with Crippen LogP contribution in [0.4, 0.5) is 0 Å². The van der Waals surface area contributed by atoms with Crippen LogP contribution >= 0.6 is 0 Å². The molecular weight excluding hydrogens is 186 g/mol. The van der Waals surface area contributed by atoms with Crippen LogP contribution in [0.2, 0.25) is 0 Å². The normalized spacial score (nSPS) is 30.7. The average Bonchev–Trinajstić information content (AvgIpc) is 2.60. The number of nitrogens with zero attached hydrogens (tertiary/aromatic N) is 1. The summed E-state index contributed by atoms with van der Waals surface area (Å²) >= 11 is 0. The summed E-state index contributed by atoms with van der Waals surface area (Å²) in [6.45, 7) is 3.31. The number of likely N-dealkylation sites (tertiary alicyclic amines) is 1. The first kappa shape index (κ1) is 9.37. The molecule has 0 amide bonds. The Morgan fingerprint density at radius 3 is 2.40 bits per heavy atom. The lowest BCUT2D eigenvalue weighted by Crippen LogP contribution is -2.41. The molecule has 0 saturated carbocycles. The summed E-state index contributed by atoms with van der Waals surface area (Å²) in [5, 5.41) is 0. The van der Waals surface area contributed by atoms with Gasteiger partial charge in [-0.2, -0.15) is 0 Å². The van der Waals surface area contributed by atoms with Gasteiger partial charge in [0.1, 0.15) is 0 Å². The van der Waals surface area contributed by atoms with E-state index < -0.39 is 0 Å². The molecule has 80 valence electrons. The van der Waals surface area contributed by atoms with Gasteiger partial charge in [0.2, 0.25) is 0 Å². The van der Waals surface area contributed by atoms with E-state index in [0.29, 0.717) is 12.2 Å². The van der Waals surface area contributed by atoms with E-state index in [2.05, 4.69) is 35.2 Å². The standard InChI is InChI=1S/C13H17NO/c1-2-4-11(5-3-1)8-14-9-12-6-7-13(10-14)15-12/h1-5,12-13H,6-10H2. The van der Waals surface area contributed by atoms with Crippen LogP contribution in [0.15, 0.2) is 30.3 Å². The lowest BCUT2D eigenvalue weighted by molar-refractivity contribution is -0.0410. The summed E-state index contributed by atoms with van der Waals surface area (Å²) in [6.07, 6.45) is 3.53. The molecule has 0 aliphatic carbocycles. The largest absolute Gasteiger partial charge is 0.372 e. The number of benzene rings is 1. The first-order valence-corrected chi connectivity index (χ1v) is 5.82. The Morgan fingerprint density at radius 1 is 1.07 bits per heavy atom. The fourth-order valence-electron chi connectivity index (χ4n) is 2.67. The molecule has 0 radical (unpaired) electrons. The van der Waals surface area contributed by atoms with Crippen molar-refractivity contribution in [2.24, 2.45) is 0 Å². The first-order valence-electron chi connectivity index (χ1n) is 5.82. The summed E-state index contributed by atoms with van der Waals surface area (Å²) < 4.78 is 5.82. The van der Waals surface area contributed by atoms with Gasteiger partial charge in [0.25, 0.3) is 0 Å². The third kappa shape index (κ3) is 2.06. The Kier molecular flexibility index (Phi) is 2.47. The Labute approximate surface area is 90.8 Å². The maximum atomic E-state index is 5.82. The van der Waals surface area contributed by atoms with Gasteiger partial charge >= 0.3 is 0 Å². The smallest absolute Gasteiger partial charge is 0.0707 e. The monoisotopic (exact) mass is 203 g/mol. The Morgan fingerprint density at radius 2 is 1.73 bits per heavy atom. The van der Waals surface area contributed by atoms with Crippen LogP contribution in [-0.4, -0.2) is 30.2 Å². The van der Waals surface area contributed by atoms with Gasteiger partial charge in [0, 0.05) is 19.6 Å². The Bertz CT molecular complexity index is 313. The van der Waals surface area contributed by atoms with E-state index in [-0.39, 0.29) is 0 Å². The van der Waals surface area contributed by atoms with E-state index >= 15 is 0 Å². The zero-order valence-corrected chi connectivity index (χ0v) is 8.93. The van der Waals surface area contributed by atoms with Gasteiger partial charge in [0.15, 0.2) is 0 Å². The molecule has 0 aromatic heterocycles. The highest BCUT2D eigenvalue weighted by Gasteiger charge is 2.33. The number of hydrogen-bond donors (Lipinski definition) is 0. The number of morpholine rings is 1. The minimum absolute atomic E-state index is 0.507. The topological polar surface area (TPSA) is 12.5 Å². The number of ether oxygens (including phenoxy) is 1. The molecule has 1 aromatic carbocycles. The molecule has 0 spiro atoms. The van der Waals surface area contributed by atoms with Crippen molar-refractivity contribution in [1.29, 1.82) is 0 Å². The second-order valence-electron chi connectivity index (χ2n) is 4.64. The minimum Gasteiger partial charge on any atom is -0.372 e. The average molecular weight is 203 g/mol. The summed E-state index contributed by atoms with van der Waals surface area (Å²) in [4.78, 5) is 2.53. The predicted molar refractivity (Wildman–Crippen MR) is 59.6 cm³/mol. The molecule has 2 heteroatoms. The van der Waals surface area contributed by atoms with Gasteiger partial charge in [-0.3, -0.25) is 4.90 Å². The van der Waals surface area contributed by atoms with Gasteiger partial charge in [-0.1, -0.05) is 30.3 Å². The molecule has 2 aliphatic heterocycles. The van der Waals surface area contributed by atoms with Crippen molar-refractivity contribution in [3.63, 3.8) is 0 Å². The van der Waals surface area contributed by atoms with Gasteiger partial charge in [-0.05, 0) is 18.4 Å². The fraction of sp³-hybridized carbons (Fsp3) is 0.538. The van der Waals surface area contributed by atoms with Gasteiger partial charge in [-0.25, -0.2) is 0 Å². The van der Waals surface area contributed by atoms with E-state index in [9.17, 15) is 0 Å². The molecule has 15 heavy (non-hydrogen) atoms. The number of fused-ring (bicyclic) bond motifs is 2. The van der Waals surface area contributed by atoms with Crippen LogP contribution < -0.4 is 0 Å². The molecule has 2 unspecified atom stereocenters. The summed E-state index contributed by atoms with van der Waals surface area (Å²) in [5.41, 5.74) is 1.42. The minimum atomic E-state index is 0.507. The SMILES string of the molecule is c1ccc(CN2CC3CCC(C2)O3)cc1. The summed E-state index contributed by atoms with van der Waals surface area (Å²) in [6, 6.07) is 10.7. The van der Waals surface area contributed by atoms with Crippen molar-refractivity contribution < 1.29 is 4.74 Å². The molecule has 2 bridgehead atoms. The molecule has 1 aromatic rings. The number of rotatable bonds is 2. The predicted octanol–water partition coefficient (Wildman–Crippen LogP) is 2.05. The van der Waals surface area contributed by atoms with Crippen LogP contribution in [0.3, 0.4) is 0 Å². The lowest BCUT2D eigenvalue weighted by atomic mass is 10.2. The third-order valence-electron chi connectivity index (χ3n) is 3.37. The van der Waals surface area contributed by atoms with E-state index in [1.54, 1.807) is 0 Å². The molecular formula is C13H17NO. The van der Waals surface area contributed by atoms with Crippen LogP contribution in [0, 0.1) is 0 Å². The molecule has 3 rings (SSSR count). The second kappa shape index (κ2) is 3.95. The fourth-order valence-corrected chi connectivity index (χ4v) is 2.67. The Balaban J connectivity index is 1.65. The van der Waals surface area contributed by atoms with Gasteiger partial charge in [0.05, 0.1) is 12.2 Å². The molecule has 2 aliphatic rings. The highest BCUT2D eigenvalue weighted by Crippen LogP contribution is 2.26. The van der Waals surface area contributed by atoms with Crippen molar-refractivity contribution in [2.45, 2.75) is 31.6 Å². The van der Waals surface area contributed by atoms with Crippen molar-refractivity contribution in [3.05, 3.63) is 35.9 Å². The van der Waals surface area contributed by atoms with Crippen molar-refractivity contribution in [1.82, 2.24) is 4.90 Å². The zero-order valence-electron chi connectivity index (χ0n) is 8.93. The summed E-state index contributed by atoms with van der Waals surface area (Å²) in [7, 11) is 0. The van der Waals surface area contributed by atoms with Crippen LogP contribution in [0.1, 0.15) is 18.4 Å². The third-order valence-corrected chi connectivity index (χ3v) is 3.37. The van der Waals surface area contributed by atoms with Crippen LogP contribution in [0.25, 0.3) is 0 Å². The Hall–Kier alpha value is -0.860. The van der Waals surface area contributed by atoms with E-state index in [1.165, 1.54) is 18.4 Å². The van der Waals surface area contributed by atoms with Gasteiger partial charge < -0.3 is 4.74 Å². The molecule has 0 N–H and O–H groups in total. The van der Waals surface area contributed by atoms with Crippen LogP contribution in [-0.2, 0) is 11.3 Å². The number of hydrogen-bond acceptors (Lipinski definition) is 2. The molecule has 2 saturated heterocycles. The highest BCUT2D eigenvalue weighted by molar-refractivity contribution is 5.14. The molecule has 2 atom stereocenters. The molecule has 2 fully saturated rings. The molecule has 2 nitrogen and oxygen atoms in total. The van der Waals surface area contributed by atoms with Gasteiger partial charge in [-0.15, -0.1) is 0 Å². The quantitative estimate of drug-likeness (QED) is 0.729. The van der Waals surface area contributed by atoms with E-state index in [4.69, 9.17) is 4.74 Å². The van der Waals surface area contributed by atoms with E-state index in [1.807, 2.05) is 0 Å². The maximum absolute atomic E-state index is 5.82. The first-order chi connectivity index (χ1) is 7.40. The van der Waals surface area contributed by atoms with Crippen molar-refractivity contribution in [3.8, 4) is 0 Å².